The van der Waals surface area contributed by atoms with Gasteiger partial charge in [0.25, 0.3) is 0 Å². The summed E-state index contributed by atoms with van der Waals surface area (Å²) in [5.74, 6) is 0. The van der Waals surface area contributed by atoms with Gasteiger partial charge in [-0.3, -0.25) is 8.22 Å². The minimum absolute atomic E-state index is 0.529. The Bertz CT molecular complexity index is 981. The van der Waals surface area contributed by atoms with Crippen molar-refractivity contribution in [3.05, 3.63) is 121 Å². The molecule has 30 heavy (non-hydrogen) atoms. The van der Waals surface area contributed by atoms with Crippen LogP contribution in [0, 0.1) is 11.1 Å². The SMILES string of the molecule is F[Si](C#C[Si](F)(c1ccccc1)c1ccccc1)(c1ccccc1)c1ccccc1. The predicted octanol–water partition coefficient (Wildman–Crippen LogP) is 3.53. The number of hydrogen-bond donors (Lipinski definition) is 0. The van der Waals surface area contributed by atoms with Gasteiger partial charge in [0.2, 0.25) is 0 Å². The first-order valence-corrected chi connectivity index (χ1v) is 13.5. The van der Waals surface area contributed by atoms with E-state index in [0.717, 1.165) is 0 Å². The molecule has 0 aliphatic rings. The van der Waals surface area contributed by atoms with Gasteiger partial charge in [-0.15, -0.1) is 0 Å². The zero-order valence-corrected chi connectivity index (χ0v) is 18.3. The predicted molar refractivity (Wildman–Crippen MR) is 126 cm³/mol. The molecule has 0 atom stereocenters. The Hall–Kier alpha value is -3.27. The number of rotatable bonds is 4. The van der Waals surface area contributed by atoms with Crippen LogP contribution in [0.2, 0.25) is 0 Å². The van der Waals surface area contributed by atoms with Crippen LogP contribution >= 0.6 is 0 Å². The molecule has 0 saturated heterocycles. The standard InChI is InChI=1S/C26H20F2Si2/c27-29(23-13-5-1-6-14-23,24-15-7-2-8-16-24)21-22-30(28,25-17-9-3-10-18-25)26-19-11-4-12-20-26/h1-20H. The second kappa shape index (κ2) is 8.62. The van der Waals surface area contributed by atoms with Crippen LogP contribution < -0.4 is 20.7 Å². The Labute approximate surface area is 178 Å². The normalized spacial score (nSPS) is 11.4. The summed E-state index contributed by atoms with van der Waals surface area (Å²) in [7, 11) is -7.89. The van der Waals surface area contributed by atoms with Crippen molar-refractivity contribution in [1.29, 1.82) is 0 Å². The van der Waals surface area contributed by atoms with Crippen LogP contribution in [-0.2, 0) is 0 Å². The molecule has 0 radical (unpaired) electrons. The summed E-state index contributed by atoms with van der Waals surface area (Å²) >= 11 is 0. The highest BCUT2D eigenvalue weighted by Gasteiger charge is 2.41. The van der Waals surface area contributed by atoms with Gasteiger partial charge in [-0.1, -0.05) is 132 Å². The van der Waals surface area contributed by atoms with Crippen LogP contribution in [0.25, 0.3) is 0 Å². The Kier molecular flexibility index (Phi) is 5.75. The van der Waals surface area contributed by atoms with Gasteiger partial charge in [0.15, 0.2) is 0 Å². The van der Waals surface area contributed by atoms with Gasteiger partial charge in [0, 0.05) is 0 Å². The van der Waals surface area contributed by atoms with Gasteiger partial charge < -0.3 is 0 Å². The highest BCUT2D eigenvalue weighted by Crippen LogP contribution is 2.10. The second-order valence-corrected chi connectivity index (χ2v) is 12.5. The third-order valence-electron chi connectivity index (χ3n) is 5.09. The molecule has 4 rings (SSSR count). The maximum Gasteiger partial charge on any atom is 0.384 e. The summed E-state index contributed by atoms with van der Waals surface area (Å²) in [6, 6.07) is 35.8. The first-order chi connectivity index (χ1) is 14.6. The maximum absolute atomic E-state index is 16.6. The largest absolute Gasteiger partial charge is 0.384 e. The zero-order chi connectivity index (χ0) is 20.9. The summed E-state index contributed by atoms with van der Waals surface area (Å²) in [4.78, 5) is 0. The maximum atomic E-state index is 16.6. The molecule has 0 aromatic heterocycles. The molecule has 4 aromatic carbocycles. The fraction of sp³-hybridized carbons (Fsp3) is 0. The van der Waals surface area contributed by atoms with Gasteiger partial charge in [-0.2, -0.15) is 0 Å². The van der Waals surface area contributed by atoms with E-state index < -0.39 is 16.8 Å². The fourth-order valence-corrected chi connectivity index (χ4v) is 8.69. The van der Waals surface area contributed by atoms with Crippen LogP contribution in [-0.4, -0.2) is 16.8 Å². The summed E-state index contributed by atoms with van der Waals surface area (Å²) < 4.78 is 33.3. The van der Waals surface area contributed by atoms with Crippen LogP contribution in [0.15, 0.2) is 121 Å². The van der Waals surface area contributed by atoms with E-state index in [1.807, 2.05) is 24.3 Å². The van der Waals surface area contributed by atoms with Crippen LogP contribution in [0.3, 0.4) is 0 Å². The summed E-state index contributed by atoms with van der Waals surface area (Å²) in [6.07, 6.45) is 0. The zero-order valence-electron chi connectivity index (χ0n) is 16.3. The molecule has 4 heteroatoms. The Morgan fingerprint density at radius 1 is 0.367 bits per heavy atom. The van der Waals surface area contributed by atoms with E-state index in [0.29, 0.717) is 20.7 Å². The van der Waals surface area contributed by atoms with Gasteiger partial charge in [-0.25, -0.2) is 0 Å². The molecule has 146 valence electrons. The van der Waals surface area contributed by atoms with Gasteiger partial charge in [-0.05, 0) is 20.7 Å². The van der Waals surface area contributed by atoms with Crippen LogP contribution in [0.5, 0.6) is 0 Å². The molecule has 0 aliphatic heterocycles. The Morgan fingerprint density at radius 2 is 0.567 bits per heavy atom. The lowest BCUT2D eigenvalue weighted by Gasteiger charge is -2.20. The number of benzene rings is 4. The molecule has 0 heterocycles. The minimum Gasteiger partial charge on any atom is -0.285 e. The van der Waals surface area contributed by atoms with Crippen LogP contribution in [0.4, 0.5) is 8.22 Å². The molecule has 0 spiro atoms. The second-order valence-electron chi connectivity index (χ2n) is 7.03. The molecule has 0 nitrogen and oxygen atoms in total. The van der Waals surface area contributed by atoms with Crippen molar-refractivity contribution in [1.82, 2.24) is 0 Å². The van der Waals surface area contributed by atoms with Crippen molar-refractivity contribution in [2.75, 3.05) is 0 Å². The molecular weight excluding hydrogens is 406 g/mol. The van der Waals surface area contributed by atoms with E-state index in [1.54, 1.807) is 97.1 Å². The fourth-order valence-electron chi connectivity index (χ4n) is 3.47. The summed E-state index contributed by atoms with van der Waals surface area (Å²) in [5, 5.41) is 2.12. The third kappa shape index (κ3) is 3.90. The van der Waals surface area contributed by atoms with Crippen molar-refractivity contribution in [2.24, 2.45) is 0 Å². The van der Waals surface area contributed by atoms with E-state index in [1.165, 1.54) is 0 Å². The number of halogens is 2. The molecule has 0 aliphatic carbocycles. The van der Waals surface area contributed by atoms with Crippen molar-refractivity contribution in [3.8, 4) is 11.1 Å². The van der Waals surface area contributed by atoms with E-state index in [-0.39, 0.29) is 0 Å². The lowest BCUT2D eigenvalue weighted by atomic mass is 10.4. The molecule has 0 bridgehead atoms. The van der Waals surface area contributed by atoms with Crippen molar-refractivity contribution >= 4 is 37.6 Å². The first kappa shape index (κ1) is 20.0. The van der Waals surface area contributed by atoms with E-state index in [9.17, 15) is 0 Å². The van der Waals surface area contributed by atoms with E-state index >= 15 is 8.22 Å². The molecular formula is C26H20F2Si2. The van der Waals surface area contributed by atoms with Crippen LogP contribution in [0.1, 0.15) is 0 Å². The third-order valence-corrected chi connectivity index (χ3v) is 10.8. The summed E-state index contributed by atoms with van der Waals surface area (Å²) in [6.45, 7) is 0. The molecule has 0 N–H and O–H groups in total. The van der Waals surface area contributed by atoms with Crippen molar-refractivity contribution < 1.29 is 8.22 Å². The van der Waals surface area contributed by atoms with Crippen molar-refractivity contribution in [2.45, 2.75) is 0 Å². The van der Waals surface area contributed by atoms with Crippen molar-refractivity contribution in [3.63, 3.8) is 0 Å². The highest BCUT2D eigenvalue weighted by molar-refractivity contribution is 7.07. The average Bonchev–Trinajstić information content (AvgIpc) is 2.84. The van der Waals surface area contributed by atoms with E-state index in [4.69, 9.17) is 0 Å². The lowest BCUT2D eigenvalue weighted by Crippen LogP contribution is -2.57. The first-order valence-electron chi connectivity index (χ1n) is 9.77. The number of hydrogen-bond acceptors (Lipinski definition) is 0. The molecule has 4 aromatic rings. The molecule has 0 unspecified atom stereocenters. The molecule has 0 saturated carbocycles. The smallest absolute Gasteiger partial charge is 0.285 e. The highest BCUT2D eigenvalue weighted by atomic mass is 28.4. The minimum atomic E-state index is -3.94. The average molecular weight is 427 g/mol. The Morgan fingerprint density at radius 3 is 0.767 bits per heavy atom. The summed E-state index contributed by atoms with van der Waals surface area (Å²) in [5.41, 5.74) is 5.75. The quantitative estimate of drug-likeness (QED) is 0.266. The van der Waals surface area contributed by atoms with Gasteiger partial charge in [0.05, 0.1) is 0 Å². The topological polar surface area (TPSA) is 0 Å². The Balaban J connectivity index is 1.92. The molecule has 0 amide bonds. The van der Waals surface area contributed by atoms with Gasteiger partial charge >= 0.3 is 16.8 Å². The molecule has 0 fully saturated rings. The van der Waals surface area contributed by atoms with Gasteiger partial charge in [0.1, 0.15) is 0 Å². The van der Waals surface area contributed by atoms with E-state index in [2.05, 4.69) is 11.1 Å². The monoisotopic (exact) mass is 426 g/mol. The lowest BCUT2D eigenvalue weighted by molar-refractivity contribution is 0.840.